The van der Waals surface area contributed by atoms with Crippen LogP contribution in [0, 0.1) is 11.6 Å². The van der Waals surface area contributed by atoms with E-state index in [1.54, 1.807) is 12.3 Å². The summed E-state index contributed by atoms with van der Waals surface area (Å²) in [5.41, 5.74) is 1.23. The number of aromatic nitrogens is 2. The number of nitrogens with one attached hydrogen (secondary N) is 1. The number of nitrogens with zero attached hydrogens (tertiary/aromatic N) is 3. The van der Waals surface area contributed by atoms with Crippen LogP contribution in [-0.2, 0) is 22.0 Å². The number of rotatable bonds is 8. The zero-order valence-electron chi connectivity index (χ0n) is 17.6. The quantitative estimate of drug-likeness (QED) is 0.291. The number of carbonyl (C=O) groups excluding carboxylic acids is 1. The zero-order valence-corrected chi connectivity index (χ0v) is 18.5. The fourth-order valence-electron chi connectivity index (χ4n) is 3.66. The number of anilines is 1. The second-order valence-electron chi connectivity index (χ2n) is 7.57. The monoisotopic (exact) mass is 476 g/mol. The SMILES string of the molecule is O=C(c1ccc2ncc(N3CCOCC3)nc2c1)c1cc(CCCN[SH](=O)=O)cc(F)c1F. The second kappa shape index (κ2) is 10.3. The van der Waals surface area contributed by atoms with Crippen molar-refractivity contribution >= 4 is 33.5 Å². The van der Waals surface area contributed by atoms with Crippen LogP contribution in [0.15, 0.2) is 36.5 Å². The lowest BCUT2D eigenvalue weighted by atomic mass is 9.98. The van der Waals surface area contributed by atoms with Gasteiger partial charge < -0.3 is 9.64 Å². The van der Waals surface area contributed by atoms with Gasteiger partial charge in [0, 0.05) is 25.2 Å². The predicted molar refractivity (Wildman–Crippen MR) is 119 cm³/mol. The van der Waals surface area contributed by atoms with Gasteiger partial charge in [0.25, 0.3) is 0 Å². The minimum atomic E-state index is -2.72. The van der Waals surface area contributed by atoms with Gasteiger partial charge in [-0.1, -0.05) is 0 Å². The highest BCUT2D eigenvalue weighted by Gasteiger charge is 2.20. The minimum Gasteiger partial charge on any atom is -0.378 e. The maximum atomic E-state index is 14.5. The summed E-state index contributed by atoms with van der Waals surface area (Å²) in [7, 11) is -2.72. The molecule has 4 rings (SSSR count). The molecule has 1 fully saturated rings. The number of carbonyl (C=O) groups is 1. The molecule has 0 bridgehead atoms. The smallest absolute Gasteiger partial charge is 0.201 e. The van der Waals surface area contributed by atoms with E-state index >= 15 is 0 Å². The van der Waals surface area contributed by atoms with Crippen LogP contribution in [0.2, 0.25) is 0 Å². The van der Waals surface area contributed by atoms with Gasteiger partial charge in [0.1, 0.15) is 5.82 Å². The van der Waals surface area contributed by atoms with Crippen LogP contribution in [0.5, 0.6) is 0 Å². The molecular formula is C22H22F2N4O4S. The van der Waals surface area contributed by atoms with Crippen LogP contribution in [0.25, 0.3) is 11.0 Å². The van der Waals surface area contributed by atoms with Gasteiger partial charge >= 0.3 is 0 Å². The second-order valence-corrected chi connectivity index (χ2v) is 8.40. The van der Waals surface area contributed by atoms with Gasteiger partial charge in [0.05, 0.1) is 36.0 Å². The first-order valence-corrected chi connectivity index (χ1v) is 11.6. The normalized spacial score (nSPS) is 14.2. The Hall–Kier alpha value is -3.02. The van der Waals surface area contributed by atoms with Gasteiger partial charge in [0.15, 0.2) is 17.4 Å². The molecule has 1 aliphatic rings. The summed E-state index contributed by atoms with van der Waals surface area (Å²) >= 11 is 0. The van der Waals surface area contributed by atoms with Gasteiger partial charge in [-0.05, 0) is 48.7 Å². The molecule has 8 nitrogen and oxygen atoms in total. The first-order valence-electron chi connectivity index (χ1n) is 10.4. The van der Waals surface area contributed by atoms with Crippen LogP contribution >= 0.6 is 0 Å². The first kappa shape index (κ1) is 23.1. The number of hydrogen-bond acceptors (Lipinski definition) is 7. The maximum Gasteiger partial charge on any atom is 0.201 e. The number of benzene rings is 2. The van der Waals surface area contributed by atoms with E-state index in [1.807, 2.05) is 4.90 Å². The third-order valence-electron chi connectivity index (χ3n) is 5.34. The Balaban J connectivity index is 1.60. The van der Waals surface area contributed by atoms with E-state index in [1.165, 1.54) is 18.2 Å². The van der Waals surface area contributed by atoms with Crippen molar-refractivity contribution in [1.82, 2.24) is 14.7 Å². The molecule has 0 radical (unpaired) electrons. The van der Waals surface area contributed by atoms with Crippen LogP contribution in [0.1, 0.15) is 27.9 Å². The lowest BCUT2D eigenvalue weighted by Gasteiger charge is -2.27. The largest absolute Gasteiger partial charge is 0.378 e. The average molecular weight is 477 g/mol. The predicted octanol–water partition coefficient (Wildman–Crippen LogP) is 2.02. The number of halogens is 2. The summed E-state index contributed by atoms with van der Waals surface area (Å²) in [6.07, 6.45) is 2.31. The van der Waals surface area contributed by atoms with E-state index in [2.05, 4.69) is 14.7 Å². The molecule has 1 aromatic heterocycles. The van der Waals surface area contributed by atoms with E-state index in [9.17, 15) is 22.0 Å². The fraction of sp³-hybridized carbons (Fsp3) is 0.318. The Kier molecular flexibility index (Phi) is 7.21. The molecule has 0 saturated carbocycles. The van der Waals surface area contributed by atoms with Gasteiger partial charge in [0.2, 0.25) is 10.9 Å². The zero-order chi connectivity index (χ0) is 23.4. The topological polar surface area (TPSA) is 101 Å². The molecule has 1 aliphatic heterocycles. The molecule has 2 heterocycles. The van der Waals surface area contributed by atoms with Crippen molar-refractivity contribution in [2.24, 2.45) is 0 Å². The van der Waals surface area contributed by atoms with Crippen molar-refractivity contribution in [3.05, 3.63) is 64.9 Å². The van der Waals surface area contributed by atoms with Crippen molar-refractivity contribution in [2.45, 2.75) is 12.8 Å². The number of fused-ring (bicyclic) bond motifs is 1. The standard InChI is InChI=1S/C22H22F2N4O4S/c23-17-11-14(2-1-5-26-33(30)31)10-16(21(17)24)22(29)15-3-4-18-19(12-15)27-20(13-25-18)28-6-8-32-9-7-28/h3-4,10-13,33H,1-2,5-9H2,(H,26,30,31). The molecule has 33 heavy (non-hydrogen) atoms. The van der Waals surface area contributed by atoms with Crippen LogP contribution in [-0.4, -0.2) is 57.0 Å². The maximum absolute atomic E-state index is 14.5. The summed E-state index contributed by atoms with van der Waals surface area (Å²) in [6, 6.07) is 6.97. The summed E-state index contributed by atoms with van der Waals surface area (Å²) < 4.78 is 57.4. The van der Waals surface area contributed by atoms with E-state index in [4.69, 9.17) is 4.74 Å². The van der Waals surface area contributed by atoms with E-state index in [0.29, 0.717) is 55.1 Å². The van der Waals surface area contributed by atoms with Gasteiger partial charge in [-0.25, -0.2) is 26.9 Å². The fourth-order valence-corrected chi connectivity index (χ4v) is 4.00. The summed E-state index contributed by atoms with van der Waals surface area (Å²) in [4.78, 5) is 24.1. The molecule has 174 valence electrons. The Morgan fingerprint density at radius 3 is 2.67 bits per heavy atom. The van der Waals surface area contributed by atoms with Crippen molar-refractivity contribution in [2.75, 3.05) is 37.7 Å². The molecule has 1 N–H and O–H groups in total. The third-order valence-corrected chi connectivity index (χ3v) is 5.82. The third kappa shape index (κ3) is 5.49. The summed E-state index contributed by atoms with van der Waals surface area (Å²) in [5, 5.41) is 0. The Labute approximate surface area is 190 Å². The van der Waals surface area contributed by atoms with Gasteiger partial charge in [-0.3, -0.25) is 9.78 Å². The Morgan fingerprint density at radius 1 is 1.12 bits per heavy atom. The molecule has 2 aromatic carbocycles. The molecule has 0 atom stereocenters. The van der Waals surface area contributed by atoms with Crippen LogP contribution in [0.4, 0.5) is 14.6 Å². The number of ether oxygens (including phenoxy) is 1. The highest BCUT2D eigenvalue weighted by atomic mass is 32.2. The highest BCUT2D eigenvalue weighted by molar-refractivity contribution is 7.70. The minimum absolute atomic E-state index is 0.162. The lowest BCUT2D eigenvalue weighted by Crippen LogP contribution is -2.36. The Morgan fingerprint density at radius 2 is 1.91 bits per heavy atom. The molecule has 11 heteroatoms. The number of morpholine rings is 1. The van der Waals surface area contributed by atoms with E-state index in [-0.39, 0.29) is 24.1 Å². The van der Waals surface area contributed by atoms with Gasteiger partial charge in [-0.2, -0.15) is 0 Å². The molecule has 0 aliphatic carbocycles. The number of ketones is 1. The summed E-state index contributed by atoms with van der Waals surface area (Å²) in [5.74, 6) is -2.37. The van der Waals surface area contributed by atoms with Crippen LogP contribution < -0.4 is 9.62 Å². The number of aryl methyl sites for hydroxylation is 1. The van der Waals surface area contributed by atoms with Crippen molar-refractivity contribution in [3.63, 3.8) is 0 Å². The summed E-state index contributed by atoms with van der Waals surface area (Å²) in [6.45, 7) is 2.69. The molecular weight excluding hydrogens is 454 g/mol. The lowest BCUT2D eigenvalue weighted by molar-refractivity contribution is 0.103. The van der Waals surface area contributed by atoms with E-state index in [0.717, 1.165) is 6.07 Å². The molecule has 1 saturated heterocycles. The molecule has 3 aromatic rings. The van der Waals surface area contributed by atoms with Crippen molar-refractivity contribution < 1.29 is 26.7 Å². The number of thiol groups is 1. The van der Waals surface area contributed by atoms with Gasteiger partial charge in [-0.15, -0.1) is 0 Å². The van der Waals surface area contributed by atoms with Crippen LogP contribution in [0.3, 0.4) is 0 Å². The van der Waals surface area contributed by atoms with E-state index < -0.39 is 28.3 Å². The number of hydrogen-bond donors (Lipinski definition) is 2. The van der Waals surface area contributed by atoms with Crippen molar-refractivity contribution in [1.29, 1.82) is 0 Å². The average Bonchev–Trinajstić information content (AvgIpc) is 2.83. The first-order chi connectivity index (χ1) is 15.9. The molecule has 0 unspecified atom stereocenters. The molecule has 0 amide bonds. The highest BCUT2D eigenvalue weighted by Crippen LogP contribution is 2.23. The van der Waals surface area contributed by atoms with Crippen molar-refractivity contribution in [3.8, 4) is 0 Å². The Bertz CT molecular complexity index is 1250. The molecule has 0 spiro atoms.